The topological polar surface area (TPSA) is 26.3 Å². The summed E-state index contributed by atoms with van der Waals surface area (Å²) < 4.78 is 5.80. The summed E-state index contributed by atoms with van der Waals surface area (Å²) in [6.07, 6.45) is 2.25. The number of fused-ring (bicyclic) bond motifs is 1. The molecule has 0 amide bonds. The van der Waals surface area contributed by atoms with E-state index in [4.69, 9.17) is 4.74 Å². The maximum Gasteiger partial charge on any atom is 0.203 e. The van der Waals surface area contributed by atoms with E-state index in [1.165, 1.54) is 11.1 Å². The first-order valence-electron chi connectivity index (χ1n) is 7.63. The van der Waals surface area contributed by atoms with Crippen LogP contribution in [0.4, 0.5) is 0 Å². The van der Waals surface area contributed by atoms with E-state index in [9.17, 15) is 4.79 Å². The fraction of sp³-hybridized carbons (Fsp3) is 0.316. The van der Waals surface area contributed by atoms with Crippen molar-refractivity contribution in [2.75, 3.05) is 0 Å². The number of Topliss-reactive ketones (excluding diaryl/α,β-unsaturated/α-hetero) is 1. The van der Waals surface area contributed by atoms with Crippen molar-refractivity contribution < 1.29 is 9.53 Å². The Morgan fingerprint density at radius 3 is 2.57 bits per heavy atom. The maximum absolute atomic E-state index is 12.7. The van der Waals surface area contributed by atoms with Crippen molar-refractivity contribution in [1.29, 1.82) is 0 Å². The predicted molar refractivity (Wildman–Crippen MR) is 84.1 cm³/mol. The van der Waals surface area contributed by atoms with Crippen LogP contribution in [0.15, 0.2) is 42.5 Å². The molecule has 1 aliphatic heterocycles. The molecule has 0 spiro atoms. The number of ether oxygens (including phenoxy) is 1. The molecule has 2 aromatic carbocycles. The normalized spacial score (nSPS) is 16.4. The molecule has 1 unspecified atom stereocenters. The third kappa shape index (κ3) is 2.58. The van der Waals surface area contributed by atoms with Crippen LogP contribution in [0.2, 0.25) is 0 Å². The molecule has 0 bridgehead atoms. The van der Waals surface area contributed by atoms with Crippen LogP contribution in [0.25, 0.3) is 0 Å². The highest BCUT2D eigenvalue weighted by molar-refractivity contribution is 6.00. The fourth-order valence-electron chi connectivity index (χ4n) is 2.97. The van der Waals surface area contributed by atoms with Crippen LogP contribution in [0.5, 0.6) is 5.75 Å². The zero-order valence-corrected chi connectivity index (χ0v) is 12.6. The summed E-state index contributed by atoms with van der Waals surface area (Å²) in [4.78, 5) is 12.7. The Morgan fingerprint density at radius 2 is 1.86 bits per heavy atom. The molecule has 1 heterocycles. The first kappa shape index (κ1) is 13.9. The SMILES string of the molecule is CCc1ccc(C(=O)C2Cc3ccccc3O2)cc1CC. The van der Waals surface area contributed by atoms with Crippen molar-refractivity contribution in [2.24, 2.45) is 0 Å². The van der Waals surface area contributed by atoms with E-state index in [0.717, 1.165) is 29.7 Å². The monoisotopic (exact) mass is 280 g/mol. The minimum atomic E-state index is -0.375. The molecule has 0 N–H and O–H groups in total. The van der Waals surface area contributed by atoms with Gasteiger partial charge in [0.2, 0.25) is 5.78 Å². The molecule has 2 nitrogen and oxygen atoms in total. The highest BCUT2D eigenvalue weighted by Gasteiger charge is 2.29. The maximum atomic E-state index is 12.7. The minimum Gasteiger partial charge on any atom is -0.482 e. The van der Waals surface area contributed by atoms with E-state index >= 15 is 0 Å². The lowest BCUT2D eigenvalue weighted by atomic mass is 9.95. The second-order valence-electron chi connectivity index (χ2n) is 5.47. The summed E-state index contributed by atoms with van der Waals surface area (Å²) >= 11 is 0. The molecule has 0 aromatic heterocycles. The first-order chi connectivity index (χ1) is 10.2. The summed E-state index contributed by atoms with van der Waals surface area (Å²) in [5.41, 5.74) is 4.47. The van der Waals surface area contributed by atoms with Crippen molar-refractivity contribution >= 4 is 5.78 Å². The first-order valence-corrected chi connectivity index (χ1v) is 7.63. The van der Waals surface area contributed by atoms with Crippen LogP contribution in [-0.4, -0.2) is 11.9 Å². The van der Waals surface area contributed by atoms with Gasteiger partial charge in [0, 0.05) is 12.0 Å². The lowest BCUT2D eigenvalue weighted by Crippen LogP contribution is -2.25. The zero-order valence-electron chi connectivity index (χ0n) is 12.6. The Hall–Kier alpha value is -2.09. The van der Waals surface area contributed by atoms with E-state index in [2.05, 4.69) is 19.9 Å². The average Bonchev–Trinajstić information content (AvgIpc) is 2.97. The summed E-state index contributed by atoms with van der Waals surface area (Å²) in [6, 6.07) is 13.9. The van der Waals surface area contributed by atoms with Crippen molar-refractivity contribution in [3.8, 4) is 5.75 Å². The quantitative estimate of drug-likeness (QED) is 0.791. The number of benzene rings is 2. The minimum absolute atomic E-state index is 0.0866. The second kappa shape index (κ2) is 5.72. The van der Waals surface area contributed by atoms with Gasteiger partial charge in [0.25, 0.3) is 0 Å². The van der Waals surface area contributed by atoms with Crippen molar-refractivity contribution in [3.63, 3.8) is 0 Å². The zero-order chi connectivity index (χ0) is 14.8. The summed E-state index contributed by atoms with van der Waals surface area (Å²) in [5.74, 6) is 0.931. The molecule has 1 atom stereocenters. The highest BCUT2D eigenvalue weighted by Crippen LogP contribution is 2.30. The van der Waals surface area contributed by atoms with Crippen molar-refractivity contribution in [1.82, 2.24) is 0 Å². The van der Waals surface area contributed by atoms with Crippen LogP contribution in [0.3, 0.4) is 0 Å². The number of aryl methyl sites for hydroxylation is 2. The highest BCUT2D eigenvalue weighted by atomic mass is 16.5. The van der Waals surface area contributed by atoms with Crippen LogP contribution >= 0.6 is 0 Å². The molecular formula is C19H20O2. The molecule has 108 valence electrons. The third-order valence-corrected chi connectivity index (χ3v) is 4.19. The third-order valence-electron chi connectivity index (χ3n) is 4.19. The molecular weight excluding hydrogens is 260 g/mol. The van der Waals surface area contributed by atoms with Crippen molar-refractivity contribution in [2.45, 2.75) is 39.2 Å². The number of ketones is 1. The molecule has 2 heteroatoms. The van der Waals surface area contributed by atoms with Gasteiger partial charge in [-0.1, -0.05) is 44.2 Å². The second-order valence-corrected chi connectivity index (χ2v) is 5.47. The molecule has 0 aliphatic carbocycles. The molecule has 21 heavy (non-hydrogen) atoms. The van der Waals surface area contributed by atoms with Gasteiger partial charge in [-0.25, -0.2) is 0 Å². The van der Waals surface area contributed by atoms with Crippen molar-refractivity contribution in [3.05, 3.63) is 64.7 Å². The Balaban J connectivity index is 1.84. The largest absolute Gasteiger partial charge is 0.482 e. The van der Waals surface area contributed by atoms with Gasteiger partial charge < -0.3 is 4.74 Å². The lowest BCUT2D eigenvalue weighted by Gasteiger charge is -2.12. The van der Waals surface area contributed by atoms with Gasteiger partial charge in [-0.05, 0) is 41.7 Å². The van der Waals surface area contributed by atoms with Gasteiger partial charge in [0.05, 0.1) is 0 Å². The summed E-state index contributed by atoms with van der Waals surface area (Å²) in [7, 11) is 0. The van der Waals surface area contributed by atoms with E-state index in [0.29, 0.717) is 6.42 Å². The predicted octanol–water partition coefficient (Wildman–Crippen LogP) is 4.00. The van der Waals surface area contributed by atoms with E-state index < -0.39 is 0 Å². The number of para-hydroxylation sites is 1. The number of carbonyl (C=O) groups is 1. The number of hydrogen-bond acceptors (Lipinski definition) is 2. The molecule has 0 saturated carbocycles. The van der Waals surface area contributed by atoms with E-state index in [1.807, 2.05) is 36.4 Å². The van der Waals surface area contributed by atoms with E-state index in [1.54, 1.807) is 0 Å². The van der Waals surface area contributed by atoms with Crippen LogP contribution in [0.1, 0.15) is 40.9 Å². The molecule has 2 aromatic rings. The van der Waals surface area contributed by atoms with Gasteiger partial charge in [-0.2, -0.15) is 0 Å². The van der Waals surface area contributed by atoms with Crippen LogP contribution in [-0.2, 0) is 19.3 Å². The molecule has 0 saturated heterocycles. The average molecular weight is 280 g/mol. The molecule has 3 rings (SSSR count). The number of carbonyl (C=O) groups excluding carboxylic acids is 1. The summed E-state index contributed by atoms with van der Waals surface area (Å²) in [6.45, 7) is 4.28. The molecule has 1 aliphatic rings. The number of hydrogen-bond donors (Lipinski definition) is 0. The molecule has 0 radical (unpaired) electrons. The van der Waals surface area contributed by atoms with E-state index in [-0.39, 0.29) is 11.9 Å². The fourth-order valence-corrected chi connectivity index (χ4v) is 2.97. The Bertz CT molecular complexity index is 648. The van der Waals surface area contributed by atoms with Gasteiger partial charge in [-0.3, -0.25) is 4.79 Å². The Labute approximate surface area is 125 Å². The Kier molecular flexibility index (Phi) is 3.78. The lowest BCUT2D eigenvalue weighted by molar-refractivity contribution is 0.0824. The van der Waals surface area contributed by atoms with Gasteiger partial charge >= 0.3 is 0 Å². The van der Waals surface area contributed by atoms with Gasteiger partial charge in [0.1, 0.15) is 5.75 Å². The van der Waals surface area contributed by atoms with Gasteiger partial charge in [0.15, 0.2) is 6.10 Å². The van der Waals surface area contributed by atoms with Gasteiger partial charge in [-0.15, -0.1) is 0 Å². The van der Waals surface area contributed by atoms with Crippen LogP contribution in [0, 0.1) is 0 Å². The Morgan fingerprint density at radius 1 is 1.10 bits per heavy atom. The molecule has 0 fully saturated rings. The van der Waals surface area contributed by atoms with Crippen LogP contribution < -0.4 is 4.74 Å². The number of rotatable bonds is 4. The summed E-state index contributed by atoms with van der Waals surface area (Å²) in [5, 5.41) is 0. The smallest absolute Gasteiger partial charge is 0.203 e. The standard InChI is InChI=1S/C19H20O2/c1-3-13-9-10-16(11-14(13)4-2)19(20)18-12-15-7-5-6-8-17(15)21-18/h5-11,18H,3-4,12H2,1-2H3.